The second-order valence-corrected chi connectivity index (χ2v) is 6.00. The molecule has 2 N–H and O–H groups in total. The predicted octanol–water partition coefficient (Wildman–Crippen LogP) is 3.95. The molecule has 24 heavy (non-hydrogen) atoms. The number of pyridine rings is 1. The molecule has 3 nitrogen and oxygen atoms in total. The van der Waals surface area contributed by atoms with Crippen molar-refractivity contribution in [2.75, 3.05) is 13.6 Å². The van der Waals surface area contributed by atoms with Gasteiger partial charge in [-0.05, 0) is 55.6 Å². The Labute approximate surface area is 145 Å². The molecular formula is C20H30FN3. The number of aryl methyl sites for hydroxylation is 2. The van der Waals surface area contributed by atoms with Crippen LogP contribution in [0.25, 0.3) is 0 Å². The number of nitrogens with two attached hydrogens (primary N) is 1. The van der Waals surface area contributed by atoms with E-state index in [0.29, 0.717) is 6.54 Å². The highest BCUT2D eigenvalue weighted by atomic mass is 19.1. The van der Waals surface area contributed by atoms with E-state index in [0.717, 1.165) is 24.9 Å². The lowest BCUT2D eigenvalue weighted by Crippen LogP contribution is -2.35. The van der Waals surface area contributed by atoms with Gasteiger partial charge in [-0.15, -0.1) is 0 Å². The number of nitrogens with zero attached hydrogens (tertiary/aromatic N) is 2. The van der Waals surface area contributed by atoms with Crippen LogP contribution in [0.15, 0.2) is 42.7 Å². The second-order valence-electron chi connectivity index (χ2n) is 6.00. The van der Waals surface area contributed by atoms with E-state index in [1.807, 2.05) is 46.3 Å². The molecule has 1 heterocycles. The summed E-state index contributed by atoms with van der Waals surface area (Å²) in [4.78, 5) is 6.33. The third kappa shape index (κ3) is 7.66. The zero-order valence-corrected chi connectivity index (χ0v) is 15.3. The largest absolute Gasteiger partial charge is 0.327 e. The molecule has 0 spiro atoms. The topological polar surface area (TPSA) is 42.1 Å². The third-order valence-corrected chi connectivity index (χ3v) is 3.62. The molecule has 132 valence electrons. The first kappa shape index (κ1) is 20.3. The van der Waals surface area contributed by atoms with E-state index in [1.54, 1.807) is 12.1 Å². The molecule has 1 unspecified atom stereocenters. The average molecular weight is 331 g/mol. The lowest BCUT2D eigenvalue weighted by Gasteiger charge is -2.21. The van der Waals surface area contributed by atoms with Gasteiger partial charge in [-0.25, -0.2) is 4.39 Å². The first-order valence-corrected chi connectivity index (χ1v) is 8.62. The van der Waals surface area contributed by atoms with Crippen LogP contribution < -0.4 is 5.73 Å². The maximum absolute atomic E-state index is 13.2. The van der Waals surface area contributed by atoms with Crippen molar-refractivity contribution in [3.05, 3.63) is 65.2 Å². The summed E-state index contributed by atoms with van der Waals surface area (Å²) in [5, 5.41) is 0. The number of hydrogen-bond donors (Lipinski definition) is 1. The van der Waals surface area contributed by atoms with E-state index < -0.39 is 0 Å². The van der Waals surface area contributed by atoms with E-state index in [-0.39, 0.29) is 11.9 Å². The number of aromatic nitrogens is 1. The summed E-state index contributed by atoms with van der Waals surface area (Å²) in [6.45, 7) is 7.54. The van der Waals surface area contributed by atoms with Crippen LogP contribution in [0.3, 0.4) is 0 Å². The Morgan fingerprint density at radius 2 is 1.92 bits per heavy atom. The molecule has 0 radical (unpaired) electrons. The standard InChI is InChI=1S/C18H24FN3.C2H6/c1-14-8-15(11-21-10-14)6-7-18(20)13-22(2)12-16-4-3-5-17(19)9-16;1-2/h3-5,8-11,18H,6-7,12-13,20H2,1-2H3;1-2H3. The smallest absolute Gasteiger partial charge is 0.123 e. The van der Waals surface area contributed by atoms with Crippen LogP contribution in [0, 0.1) is 12.7 Å². The maximum atomic E-state index is 13.2. The van der Waals surface area contributed by atoms with Crippen molar-refractivity contribution in [2.24, 2.45) is 5.73 Å². The highest BCUT2D eigenvalue weighted by Gasteiger charge is 2.08. The zero-order chi connectivity index (χ0) is 17.9. The van der Waals surface area contributed by atoms with Crippen LogP contribution in [0.4, 0.5) is 4.39 Å². The van der Waals surface area contributed by atoms with Gasteiger partial charge >= 0.3 is 0 Å². The summed E-state index contributed by atoms with van der Waals surface area (Å²) >= 11 is 0. The van der Waals surface area contributed by atoms with Crippen molar-refractivity contribution >= 4 is 0 Å². The van der Waals surface area contributed by atoms with Crippen LogP contribution in [0.5, 0.6) is 0 Å². The number of hydrogen-bond acceptors (Lipinski definition) is 3. The predicted molar refractivity (Wildman–Crippen MR) is 99.4 cm³/mol. The maximum Gasteiger partial charge on any atom is 0.123 e. The average Bonchev–Trinajstić information content (AvgIpc) is 2.55. The molecular weight excluding hydrogens is 301 g/mol. The van der Waals surface area contributed by atoms with Crippen LogP contribution in [-0.2, 0) is 13.0 Å². The molecule has 2 rings (SSSR count). The monoisotopic (exact) mass is 331 g/mol. The van der Waals surface area contributed by atoms with E-state index in [4.69, 9.17) is 5.73 Å². The minimum Gasteiger partial charge on any atom is -0.327 e. The van der Waals surface area contributed by atoms with Crippen LogP contribution in [0.2, 0.25) is 0 Å². The Morgan fingerprint density at radius 3 is 2.58 bits per heavy atom. The van der Waals surface area contributed by atoms with Gasteiger partial charge in [-0.2, -0.15) is 0 Å². The lowest BCUT2D eigenvalue weighted by atomic mass is 10.1. The summed E-state index contributed by atoms with van der Waals surface area (Å²) in [5.74, 6) is -0.192. The van der Waals surface area contributed by atoms with Crippen LogP contribution >= 0.6 is 0 Å². The number of likely N-dealkylation sites (N-methyl/N-ethyl adjacent to an activating group) is 1. The highest BCUT2D eigenvalue weighted by Crippen LogP contribution is 2.09. The molecule has 1 aromatic carbocycles. The fourth-order valence-electron chi connectivity index (χ4n) is 2.61. The number of benzene rings is 1. The van der Waals surface area contributed by atoms with E-state index >= 15 is 0 Å². The molecule has 0 fully saturated rings. The fourth-order valence-corrected chi connectivity index (χ4v) is 2.61. The molecule has 0 amide bonds. The van der Waals surface area contributed by atoms with E-state index in [1.165, 1.54) is 17.2 Å². The first-order valence-electron chi connectivity index (χ1n) is 8.62. The van der Waals surface area contributed by atoms with E-state index in [2.05, 4.69) is 16.0 Å². The zero-order valence-electron chi connectivity index (χ0n) is 15.3. The van der Waals surface area contributed by atoms with Gasteiger partial charge in [-0.1, -0.05) is 32.0 Å². The van der Waals surface area contributed by atoms with Gasteiger partial charge in [0.05, 0.1) is 0 Å². The summed E-state index contributed by atoms with van der Waals surface area (Å²) in [6.07, 6.45) is 5.61. The van der Waals surface area contributed by atoms with Gasteiger partial charge in [0, 0.05) is 31.5 Å². The lowest BCUT2D eigenvalue weighted by molar-refractivity contribution is 0.297. The van der Waals surface area contributed by atoms with Gasteiger partial charge in [0.2, 0.25) is 0 Å². The van der Waals surface area contributed by atoms with Crippen molar-refractivity contribution < 1.29 is 4.39 Å². The van der Waals surface area contributed by atoms with Crippen molar-refractivity contribution in [3.63, 3.8) is 0 Å². The van der Waals surface area contributed by atoms with Crippen molar-refractivity contribution in [1.29, 1.82) is 0 Å². The molecule has 4 heteroatoms. The summed E-state index contributed by atoms with van der Waals surface area (Å²) in [5.41, 5.74) is 9.58. The highest BCUT2D eigenvalue weighted by molar-refractivity contribution is 5.17. The third-order valence-electron chi connectivity index (χ3n) is 3.62. The second kappa shape index (κ2) is 10.9. The first-order chi connectivity index (χ1) is 11.5. The molecule has 0 saturated heterocycles. The summed E-state index contributed by atoms with van der Waals surface area (Å²) in [6, 6.07) is 8.95. The Bertz CT molecular complexity index is 601. The Kier molecular flexibility index (Phi) is 9.20. The molecule has 0 aliphatic rings. The van der Waals surface area contributed by atoms with E-state index in [9.17, 15) is 4.39 Å². The Morgan fingerprint density at radius 1 is 1.17 bits per heavy atom. The summed E-state index contributed by atoms with van der Waals surface area (Å²) in [7, 11) is 2.01. The van der Waals surface area contributed by atoms with Gasteiger partial charge in [0.25, 0.3) is 0 Å². The Balaban J connectivity index is 0.00000139. The minimum atomic E-state index is -0.192. The van der Waals surface area contributed by atoms with Crippen LogP contribution in [0.1, 0.15) is 37.0 Å². The van der Waals surface area contributed by atoms with Crippen molar-refractivity contribution in [3.8, 4) is 0 Å². The quantitative estimate of drug-likeness (QED) is 0.835. The Hall–Kier alpha value is -1.78. The normalized spacial score (nSPS) is 11.8. The minimum absolute atomic E-state index is 0.0964. The number of rotatable bonds is 7. The van der Waals surface area contributed by atoms with Crippen molar-refractivity contribution in [2.45, 2.75) is 46.2 Å². The van der Waals surface area contributed by atoms with Gasteiger partial charge < -0.3 is 10.6 Å². The molecule has 0 bridgehead atoms. The molecule has 2 aromatic rings. The number of halogens is 1. The molecule has 0 aliphatic heterocycles. The molecule has 1 aromatic heterocycles. The molecule has 0 saturated carbocycles. The fraction of sp³-hybridized carbons (Fsp3) is 0.450. The van der Waals surface area contributed by atoms with Crippen molar-refractivity contribution in [1.82, 2.24) is 9.88 Å². The molecule has 1 atom stereocenters. The summed E-state index contributed by atoms with van der Waals surface area (Å²) < 4.78 is 13.2. The van der Waals surface area contributed by atoms with Gasteiger partial charge in [-0.3, -0.25) is 4.98 Å². The SMILES string of the molecule is CC.Cc1cncc(CCC(N)CN(C)Cc2cccc(F)c2)c1. The molecule has 0 aliphatic carbocycles. The van der Waals surface area contributed by atoms with Gasteiger partial charge in [0.1, 0.15) is 5.82 Å². The van der Waals surface area contributed by atoms with Crippen LogP contribution in [-0.4, -0.2) is 29.5 Å². The van der Waals surface area contributed by atoms with Gasteiger partial charge in [0.15, 0.2) is 0 Å².